The van der Waals surface area contributed by atoms with Gasteiger partial charge in [-0.15, -0.1) is 0 Å². The monoisotopic (exact) mass is 445 g/mol. The molecule has 0 unspecified atom stereocenters. The summed E-state index contributed by atoms with van der Waals surface area (Å²) < 4.78 is 12.5. The SMILES string of the molecule is CCOc1c(CC#N)c2c(c3c1OC(C)(C)C3)C(Cc1cccc(C(N)=O)c1)=NC(C)(C)C2. The van der Waals surface area contributed by atoms with Gasteiger partial charge in [-0.3, -0.25) is 9.79 Å². The summed E-state index contributed by atoms with van der Waals surface area (Å²) in [6.45, 7) is 10.8. The summed E-state index contributed by atoms with van der Waals surface area (Å²) >= 11 is 0. The van der Waals surface area contributed by atoms with Gasteiger partial charge in [0.1, 0.15) is 5.60 Å². The molecule has 1 amide bonds. The molecule has 6 nitrogen and oxygen atoms in total. The van der Waals surface area contributed by atoms with Crippen molar-refractivity contribution in [1.29, 1.82) is 5.26 Å². The van der Waals surface area contributed by atoms with Gasteiger partial charge in [0.2, 0.25) is 5.91 Å². The fourth-order valence-corrected chi connectivity index (χ4v) is 5.03. The van der Waals surface area contributed by atoms with Gasteiger partial charge >= 0.3 is 0 Å². The summed E-state index contributed by atoms with van der Waals surface area (Å²) in [5.74, 6) is 0.993. The van der Waals surface area contributed by atoms with Crippen molar-refractivity contribution >= 4 is 11.6 Å². The largest absolute Gasteiger partial charge is 0.490 e. The van der Waals surface area contributed by atoms with Crippen molar-refractivity contribution in [2.24, 2.45) is 10.7 Å². The minimum atomic E-state index is -0.447. The van der Waals surface area contributed by atoms with Gasteiger partial charge in [0.05, 0.1) is 24.6 Å². The van der Waals surface area contributed by atoms with E-state index in [1.54, 1.807) is 6.07 Å². The zero-order chi connectivity index (χ0) is 24.0. The molecule has 0 saturated heterocycles. The van der Waals surface area contributed by atoms with Gasteiger partial charge in [0.25, 0.3) is 0 Å². The van der Waals surface area contributed by atoms with Gasteiger partial charge in [-0.2, -0.15) is 5.26 Å². The third-order valence-corrected chi connectivity index (χ3v) is 6.17. The molecule has 2 N–H and O–H groups in total. The maximum absolute atomic E-state index is 11.7. The zero-order valence-corrected chi connectivity index (χ0v) is 20.0. The van der Waals surface area contributed by atoms with Crippen LogP contribution in [0.2, 0.25) is 0 Å². The molecule has 0 saturated carbocycles. The number of amides is 1. The minimum Gasteiger partial charge on any atom is -0.490 e. The lowest BCUT2D eigenvalue weighted by Crippen LogP contribution is -2.32. The van der Waals surface area contributed by atoms with Crippen LogP contribution in [0.25, 0.3) is 0 Å². The van der Waals surface area contributed by atoms with Crippen LogP contribution in [0, 0.1) is 11.3 Å². The second-order valence-corrected chi connectivity index (χ2v) is 10.1. The van der Waals surface area contributed by atoms with Crippen LogP contribution in [-0.2, 0) is 25.7 Å². The first kappa shape index (κ1) is 22.8. The van der Waals surface area contributed by atoms with Gasteiger partial charge < -0.3 is 15.2 Å². The number of rotatable bonds is 6. The van der Waals surface area contributed by atoms with Crippen molar-refractivity contribution in [1.82, 2.24) is 0 Å². The van der Waals surface area contributed by atoms with Crippen LogP contribution in [-0.4, -0.2) is 29.4 Å². The highest BCUT2D eigenvalue weighted by molar-refractivity contribution is 6.07. The Hall–Kier alpha value is -3.33. The molecule has 2 aliphatic rings. The van der Waals surface area contributed by atoms with Gasteiger partial charge in [-0.05, 0) is 64.3 Å². The van der Waals surface area contributed by atoms with Crippen molar-refractivity contribution in [2.75, 3.05) is 6.61 Å². The smallest absolute Gasteiger partial charge is 0.248 e. The highest BCUT2D eigenvalue weighted by Gasteiger charge is 2.41. The predicted molar refractivity (Wildman–Crippen MR) is 128 cm³/mol. The molecular weight excluding hydrogens is 414 g/mol. The van der Waals surface area contributed by atoms with E-state index in [1.165, 1.54) is 0 Å². The van der Waals surface area contributed by atoms with Gasteiger partial charge in [0.15, 0.2) is 11.5 Å². The van der Waals surface area contributed by atoms with Crippen molar-refractivity contribution in [3.8, 4) is 17.6 Å². The van der Waals surface area contributed by atoms with Crippen LogP contribution >= 0.6 is 0 Å². The number of ether oxygens (including phenoxy) is 2. The quantitative estimate of drug-likeness (QED) is 0.715. The van der Waals surface area contributed by atoms with Gasteiger partial charge in [-0.1, -0.05) is 12.1 Å². The van der Waals surface area contributed by atoms with Crippen LogP contribution in [0.1, 0.15) is 72.8 Å². The van der Waals surface area contributed by atoms with Gasteiger partial charge in [-0.25, -0.2) is 0 Å². The van der Waals surface area contributed by atoms with Crippen LogP contribution in [0.4, 0.5) is 0 Å². The predicted octanol–water partition coefficient (Wildman–Crippen LogP) is 4.33. The summed E-state index contributed by atoms with van der Waals surface area (Å²) in [4.78, 5) is 16.9. The lowest BCUT2D eigenvalue weighted by molar-refractivity contribution is 0.1000. The minimum absolute atomic E-state index is 0.245. The molecule has 0 atom stereocenters. The molecule has 0 bridgehead atoms. The van der Waals surface area contributed by atoms with Crippen LogP contribution < -0.4 is 15.2 Å². The number of primary amides is 1. The van der Waals surface area contributed by atoms with E-state index in [9.17, 15) is 10.1 Å². The standard InChI is InChI=1S/C27H31N3O3/c1-6-32-23-18(10-11-28)19-14-26(2,3)30-21(13-16-8-7-9-17(12-16)25(29)31)22(19)20-15-27(4,5)33-24(20)23/h7-9,12H,6,10,13-15H2,1-5H3,(H2,29,31). The Bertz CT molecular complexity index is 1200. The van der Waals surface area contributed by atoms with Crippen LogP contribution in [0.3, 0.4) is 0 Å². The molecule has 0 radical (unpaired) electrons. The third kappa shape index (κ3) is 4.32. The molecule has 2 heterocycles. The lowest BCUT2D eigenvalue weighted by atomic mass is 9.78. The number of hydrogen-bond acceptors (Lipinski definition) is 5. The molecule has 0 aliphatic carbocycles. The van der Waals surface area contributed by atoms with Crippen LogP contribution in [0.5, 0.6) is 11.5 Å². The molecule has 0 spiro atoms. The van der Waals surface area contributed by atoms with Crippen LogP contribution in [0.15, 0.2) is 29.3 Å². The Kier molecular flexibility index (Phi) is 5.69. The number of fused-ring (bicyclic) bond motifs is 3. The number of carbonyl (C=O) groups excluding carboxylic acids is 1. The second kappa shape index (κ2) is 8.22. The first-order valence-corrected chi connectivity index (χ1v) is 11.4. The topological polar surface area (TPSA) is 97.7 Å². The Labute approximate surface area is 195 Å². The Morgan fingerprint density at radius 2 is 2.00 bits per heavy atom. The van der Waals surface area contributed by atoms with E-state index in [4.69, 9.17) is 20.2 Å². The zero-order valence-electron chi connectivity index (χ0n) is 20.0. The second-order valence-electron chi connectivity index (χ2n) is 10.1. The Balaban J connectivity index is 1.95. The van der Waals surface area contributed by atoms with E-state index in [0.717, 1.165) is 52.1 Å². The first-order chi connectivity index (χ1) is 15.5. The van der Waals surface area contributed by atoms with Crippen molar-refractivity contribution < 1.29 is 14.3 Å². The number of nitrogens with two attached hydrogens (primary N) is 1. The van der Waals surface area contributed by atoms with E-state index in [-0.39, 0.29) is 17.6 Å². The number of nitrogens with zero attached hydrogens (tertiary/aromatic N) is 2. The summed E-state index contributed by atoms with van der Waals surface area (Å²) in [6.07, 6.45) is 2.26. The molecular formula is C27H31N3O3. The normalized spacial score (nSPS) is 17.3. The summed E-state index contributed by atoms with van der Waals surface area (Å²) in [7, 11) is 0. The molecule has 0 fully saturated rings. The molecule has 33 heavy (non-hydrogen) atoms. The van der Waals surface area contributed by atoms with E-state index < -0.39 is 5.91 Å². The fourth-order valence-electron chi connectivity index (χ4n) is 5.03. The number of carbonyl (C=O) groups is 1. The molecule has 2 aliphatic heterocycles. The Morgan fingerprint density at radius 1 is 1.24 bits per heavy atom. The summed E-state index contributed by atoms with van der Waals surface area (Å²) in [6, 6.07) is 9.72. The maximum Gasteiger partial charge on any atom is 0.248 e. The molecule has 4 rings (SSSR count). The maximum atomic E-state index is 11.7. The molecule has 6 heteroatoms. The van der Waals surface area contributed by atoms with E-state index in [0.29, 0.717) is 24.3 Å². The average molecular weight is 446 g/mol. The van der Waals surface area contributed by atoms with Crippen molar-refractivity contribution in [2.45, 2.75) is 71.4 Å². The number of nitriles is 1. The first-order valence-electron chi connectivity index (χ1n) is 11.4. The average Bonchev–Trinajstić information content (AvgIpc) is 3.04. The van der Waals surface area contributed by atoms with Gasteiger partial charge in [0, 0.05) is 40.8 Å². The van der Waals surface area contributed by atoms with E-state index >= 15 is 0 Å². The number of aliphatic imine (C=N–C) groups is 1. The highest BCUT2D eigenvalue weighted by Crippen LogP contribution is 2.50. The summed E-state index contributed by atoms with van der Waals surface area (Å²) in [5, 5.41) is 9.66. The van der Waals surface area contributed by atoms with Crippen molar-refractivity contribution in [3.63, 3.8) is 0 Å². The van der Waals surface area contributed by atoms with Crippen molar-refractivity contribution in [3.05, 3.63) is 57.6 Å². The van der Waals surface area contributed by atoms with E-state index in [1.807, 2.05) is 25.1 Å². The summed E-state index contributed by atoms with van der Waals surface area (Å²) in [5.41, 5.74) is 11.4. The number of benzene rings is 2. The molecule has 172 valence electrons. The lowest BCUT2D eigenvalue weighted by Gasteiger charge is -2.33. The highest BCUT2D eigenvalue weighted by atomic mass is 16.5. The number of hydrogen-bond donors (Lipinski definition) is 1. The molecule has 2 aromatic carbocycles. The Morgan fingerprint density at radius 3 is 2.67 bits per heavy atom. The fraction of sp³-hybridized carbons (Fsp3) is 0.444. The van der Waals surface area contributed by atoms with E-state index in [2.05, 4.69) is 33.8 Å². The third-order valence-electron chi connectivity index (χ3n) is 6.17. The molecule has 0 aromatic heterocycles. The molecule has 2 aromatic rings.